The molecule has 0 saturated carbocycles. The van der Waals surface area contributed by atoms with E-state index in [9.17, 15) is 0 Å². The topological polar surface area (TPSA) is 0 Å². The van der Waals surface area contributed by atoms with Crippen LogP contribution in [0.3, 0.4) is 0 Å². The second kappa shape index (κ2) is 4.69. The molecule has 0 aromatic heterocycles. The predicted molar refractivity (Wildman–Crippen MR) is 66.4 cm³/mol. The quantitative estimate of drug-likeness (QED) is 0.661. The fourth-order valence-corrected chi connectivity index (χ4v) is 1.77. The molecule has 0 bridgehead atoms. The second-order valence-corrected chi connectivity index (χ2v) is 4.04. The highest BCUT2D eigenvalue weighted by Gasteiger charge is 1.98. The lowest BCUT2D eigenvalue weighted by Gasteiger charge is -2.03. The number of hydrogen-bond acceptors (Lipinski definition) is 0. The number of halogens is 2. The third-order valence-electron chi connectivity index (χ3n) is 2.26. The van der Waals surface area contributed by atoms with Crippen LogP contribution in [0.1, 0.15) is 5.56 Å². The first kappa shape index (κ1) is 10.5. The summed E-state index contributed by atoms with van der Waals surface area (Å²) in [6.45, 7) is 0. The van der Waals surface area contributed by atoms with Crippen LogP contribution in [-0.4, -0.2) is 0 Å². The average Bonchev–Trinajstić information content (AvgIpc) is 2.30. The SMILES string of the molecule is ClCc1cccc(-c2ccc(Cl)cc2)c1. The van der Waals surface area contributed by atoms with Gasteiger partial charge in [-0.25, -0.2) is 0 Å². The first-order valence-electron chi connectivity index (χ1n) is 4.70. The molecule has 0 unspecified atom stereocenters. The van der Waals surface area contributed by atoms with Gasteiger partial charge in [-0.2, -0.15) is 0 Å². The van der Waals surface area contributed by atoms with Crippen LogP contribution >= 0.6 is 23.2 Å². The van der Waals surface area contributed by atoms with Gasteiger partial charge in [-0.1, -0.05) is 41.9 Å². The monoisotopic (exact) mass is 236 g/mol. The summed E-state index contributed by atoms with van der Waals surface area (Å²) < 4.78 is 0. The molecule has 0 aliphatic rings. The molecule has 0 heterocycles. The van der Waals surface area contributed by atoms with Crippen LogP contribution in [0.4, 0.5) is 0 Å². The Balaban J connectivity index is 2.40. The summed E-state index contributed by atoms with van der Waals surface area (Å²) in [6, 6.07) is 16.0. The molecule has 15 heavy (non-hydrogen) atoms. The Labute approximate surface area is 99.5 Å². The molecule has 2 rings (SSSR count). The van der Waals surface area contributed by atoms with Crippen molar-refractivity contribution in [3.63, 3.8) is 0 Å². The van der Waals surface area contributed by atoms with E-state index in [0.29, 0.717) is 5.88 Å². The molecular weight excluding hydrogens is 227 g/mol. The number of rotatable bonds is 2. The van der Waals surface area contributed by atoms with Gasteiger partial charge in [0, 0.05) is 10.9 Å². The van der Waals surface area contributed by atoms with Crippen LogP contribution in [0.5, 0.6) is 0 Å². The highest BCUT2D eigenvalue weighted by atomic mass is 35.5. The van der Waals surface area contributed by atoms with E-state index in [2.05, 4.69) is 12.1 Å². The average molecular weight is 237 g/mol. The summed E-state index contributed by atoms with van der Waals surface area (Å²) in [5.74, 6) is 0.543. The minimum atomic E-state index is 0.543. The Morgan fingerprint density at radius 3 is 2.27 bits per heavy atom. The van der Waals surface area contributed by atoms with Crippen molar-refractivity contribution >= 4 is 23.2 Å². The largest absolute Gasteiger partial charge is 0.122 e. The van der Waals surface area contributed by atoms with Crippen LogP contribution in [0, 0.1) is 0 Å². The highest BCUT2D eigenvalue weighted by Crippen LogP contribution is 2.22. The molecular formula is C13H10Cl2. The van der Waals surface area contributed by atoms with E-state index in [1.807, 2.05) is 36.4 Å². The molecule has 2 heteroatoms. The lowest BCUT2D eigenvalue weighted by molar-refractivity contribution is 1.40. The molecule has 0 aliphatic heterocycles. The molecule has 76 valence electrons. The van der Waals surface area contributed by atoms with Gasteiger partial charge in [0.2, 0.25) is 0 Å². The zero-order valence-electron chi connectivity index (χ0n) is 8.08. The van der Waals surface area contributed by atoms with Gasteiger partial charge < -0.3 is 0 Å². The molecule has 0 radical (unpaired) electrons. The first-order valence-corrected chi connectivity index (χ1v) is 5.62. The normalized spacial score (nSPS) is 10.3. The van der Waals surface area contributed by atoms with Crippen LogP contribution in [-0.2, 0) is 5.88 Å². The molecule has 0 saturated heterocycles. The van der Waals surface area contributed by atoms with Crippen LogP contribution in [0.2, 0.25) is 5.02 Å². The van der Waals surface area contributed by atoms with Crippen molar-refractivity contribution in [2.45, 2.75) is 5.88 Å². The van der Waals surface area contributed by atoms with E-state index in [-0.39, 0.29) is 0 Å². The summed E-state index contributed by atoms with van der Waals surface area (Å²) in [4.78, 5) is 0. The Morgan fingerprint density at radius 2 is 1.60 bits per heavy atom. The zero-order chi connectivity index (χ0) is 10.7. The molecule has 0 nitrogen and oxygen atoms in total. The smallest absolute Gasteiger partial charge is 0.0474 e. The number of hydrogen-bond donors (Lipinski definition) is 0. The predicted octanol–water partition coefficient (Wildman–Crippen LogP) is 4.75. The second-order valence-electron chi connectivity index (χ2n) is 3.34. The van der Waals surface area contributed by atoms with Crippen molar-refractivity contribution in [2.75, 3.05) is 0 Å². The molecule has 0 atom stereocenters. The fourth-order valence-electron chi connectivity index (χ4n) is 1.48. The van der Waals surface area contributed by atoms with Crippen LogP contribution < -0.4 is 0 Å². The molecule has 0 fully saturated rings. The summed E-state index contributed by atoms with van der Waals surface area (Å²) in [7, 11) is 0. The summed E-state index contributed by atoms with van der Waals surface area (Å²) in [6.07, 6.45) is 0. The van der Waals surface area contributed by atoms with Crippen LogP contribution in [0.15, 0.2) is 48.5 Å². The maximum Gasteiger partial charge on any atom is 0.0474 e. The van der Waals surface area contributed by atoms with E-state index in [0.717, 1.165) is 16.1 Å². The number of alkyl halides is 1. The van der Waals surface area contributed by atoms with Crippen molar-refractivity contribution in [1.29, 1.82) is 0 Å². The summed E-state index contributed by atoms with van der Waals surface area (Å²) in [5, 5.41) is 0.757. The van der Waals surface area contributed by atoms with Gasteiger partial charge in [0.05, 0.1) is 0 Å². The molecule has 0 aliphatic carbocycles. The van der Waals surface area contributed by atoms with Gasteiger partial charge in [0.1, 0.15) is 0 Å². The maximum absolute atomic E-state index is 5.84. The Bertz CT molecular complexity index is 446. The van der Waals surface area contributed by atoms with E-state index >= 15 is 0 Å². The van der Waals surface area contributed by atoms with Gasteiger partial charge in [-0.3, -0.25) is 0 Å². The summed E-state index contributed by atoms with van der Waals surface area (Å²) >= 11 is 11.6. The molecule has 2 aromatic carbocycles. The zero-order valence-corrected chi connectivity index (χ0v) is 9.59. The highest BCUT2D eigenvalue weighted by molar-refractivity contribution is 6.30. The van der Waals surface area contributed by atoms with Crippen molar-refractivity contribution in [3.05, 3.63) is 59.1 Å². The lowest BCUT2D eigenvalue weighted by atomic mass is 10.0. The fraction of sp³-hybridized carbons (Fsp3) is 0.0769. The van der Waals surface area contributed by atoms with Gasteiger partial charge in [0.25, 0.3) is 0 Å². The van der Waals surface area contributed by atoms with Crippen molar-refractivity contribution in [3.8, 4) is 11.1 Å². The van der Waals surface area contributed by atoms with Gasteiger partial charge in [0.15, 0.2) is 0 Å². The third kappa shape index (κ3) is 2.53. The third-order valence-corrected chi connectivity index (χ3v) is 2.82. The molecule has 0 N–H and O–H groups in total. The van der Waals surface area contributed by atoms with E-state index in [4.69, 9.17) is 23.2 Å². The Hall–Kier alpha value is -0.980. The van der Waals surface area contributed by atoms with E-state index in [1.54, 1.807) is 0 Å². The van der Waals surface area contributed by atoms with E-state index in [1.165, 1.54) is 5.56 Å². The Morgan fingerprint density at radius 1 is 0.867 bits per heavy atom. The van der Waals surface area contributed by atoms with Gasteiger partial charge in [-0.05, 0) is 34.9 Å². The van der Waals surface area contributed by atoms with Gasteiger partial charge in [-0.15, -0.1) is 11.6 Å². The van der Waals surface area contributed by atoms with Crippen molar-refractivity contribution in [1.82, 2.24) is 0 Å². The van der Waals surface area contributed by atoms with Crippen LogP contribution in [0.25, 0.3) is 11.1 Å². The molecule has 0 amide bonds. The molecule has 2 aromatic rings. The molecule has 0 spiro atoms. The van der Waals surface area contributed by atoms with Crippen molar-refractivity contribution in [2.24, 2.45) is 0 Å². The first-order chi connectivity index (χ1) is 7.29. The number of benzene rings is 2. The maximum atomic E-state index is 5.84. The Kier molecular flexibility index (Phi) is 3.30. The minimum absolute atomic E-state index is 0.543. The lowest BCUT2D eigenvalue weighted by Crippen LogP contribution is -1.81. The van der Waals surface area contributed by atoms with Crippen molar-refractivity contribution < 1.29 is 0 Å². The van der Waals surface area contributed by atoms with E-state index < -0.39 is 0 Å². The minimum Gasteiger partial charge on any atom is -0.122 e. The standard InChI is InChI=1S/C13H10Cl2/c14-9-10-2-1-3-12(8-10)11-4-6-13(15)7-5-11/h1-8H,9H2. The summed E-state index contributed by atoms with van der Waals surface area (Å²) in [5.41, 5.74) is 3.46. The van der Waals surface area contributed by atoms with Gasteiger partial charge >= 0.3 is 0 Å².